The number of piperazine rings is 1. The first-order valence-corrected chi connectivity index (χ1v) is 7.58. The highest BCUT2D eigenvalue weighted by molar-refractivity contribution is 6.30. The highest BCUT2D eigenvalue weighted by Crippen LogP contribution is 2.31. The lowest BCUT2D eigenvalue weighted by Gasteiger charge is -2.35. The van der Waals surface area contributed by atoms with Gasteiger partial charge in [0.2, 0.25) is 0 Å². The molecule has 0 bridgehead atoms. The molecule has 2 aromatic rings. The fourth-order valence-electron chi connectivity index (χ4n) is 2.89. The summed E-state index contributed by atoms with van der Waals surface area (Å²) in [5.41, 5.74) is 1.80. The van der Waals surface area contributed by atoms with E-state index in [1.54, 1.807) is 12.1 Å². The van der Waals surface area contributed by atoms with Gasteiger partial charge in [-0.15, -0.1) is 0 Å². The predicted molar refractivity (Wildman–Crippen MR) is 84.1 cm³/mol. The molecule has 0 radical (unpaired) electrons. The third-order valence-electron chi connectivity index (χ3n) is 3.89. The van der Waals surface area contributed by atoms with E-state index in [9.17, 15) is 4.39 Å². The van der Waals surface area contributed by atoms with Crippen LogP contribution in [0, 0.1) is 5.82 Å². The molecule has 0 aliphatic carbocycles. The van der Waals surface area contributed by atoms with E-state index in [0.717, 1.165) is 31.7 Å². The van der Waals surface area contributed by atoms with Crippen molar-refractivity contribution in [2.45, 2.75) is 6.04 Å². The molecule has 1 fully saturated rings. The average molecular weight is 305 g/mol. The van der Waals surface area contributed by atoms with Gasteiger partial charge in [-0.05, 0) is 17.7 Å². The third-order valence-corrected chi connectivity index (χ3v) is 4.12. The first kappa shape index (κ1) is 14.5. The summed E-state index contributed by atoms with van der Waals surface area (Å²) in [4.78, 5) is 2.32. The van der Waals surface area contributed by atoms with Gasteiger partial charge in [-0.25, -0.2) is 4.39 Å². The van der Waals surface area contributed by atoms with Gasteiger partial charge in [0.15, 0.2) is 0 Å². The predicted octanol–water partition coefficient (Wildman–Crippen LogP) is 3.47. The average Bonchev–Trinajstić information content (AvgIpc) is 2.52. The minimum absolute atomic E-state index is 0.0643. The molecule has 1 heterocycles. The minimum Gasteiger partial charge on any atom is -0.314 e. The lowest BCUT2D eigenvalue weighted by Crippen LogP contribution is -2.45. The van der Waals surface area contributed by atoms with Crippen LogP contribution in [-0.4, -0.2) is 31.1 Å². The molecule has 0 amide bonds. The molecule has 2 nitrogen and oxygen atoms in total. The van der Waals surface area contributed by atoms with E-state index in [0.29, 0.717) is 10.6 Å². The van der Waals surface area contributed by atoms with Gasteiger partial charge in [0, 0.05) is 36.8 Å². The molecule has 3 rings (SSSR count). The Morgan fingerprint density at radius 3 is 2.43 bits per heavy atom. The second-order valence-corrected chi connectivity index (χ2v) is 5.70. The van der Waals surface area contributed by atoms with Crippen LogP contribution in [0.25, 0.3) is 0 Å². The van der Waals surface area contributed by atoms with Gasteiger partial charge < -0.3 is 5.32 Å². The number of hydrogen-bond acceptors (Lipinski definition) is 2. The lowest BCUT2D eigenvalue weighted by atomic mass is 9.96. The molecule has 1 aliphatic rings. The Morgan fingerprint density at radius 2 is 1.76 bits per heavy atom. The molecule has 0 spiro atoms. The van der Waals surface area contributed by atoms with Crippen molar-refractivity contribution in [3.8, 4) is 0 Å². The van der Waals surface area contributed by atoms with Gasteiger partial charge in [-0.2, -0.15) is 0 Å². The van der Waals surface area contributed by atoms with Crippen molar-refractivity contribution in [1.82, 2.24) is 10.2 Å². The second-order valence-electron chi connectivity index (χ2n) is 5.27. The molecule has 0 saturated carbocycles. The monoisotopic (exact) mass is 304 g/mol. The molecule has 1 saturated heterocycles. The molecule has 2 aromatic carbocycles. The summed E-state index contributed by atoms with van der Waals surface area (Å²) in [6.45, 7) is 3.67. The van der Waals surface area contributed by atoms with E-state index in [2.05, 4.69) is 22.3 Å². The summed E-state index contributed by atoms with van der Waals surface area (Å²) in [6, 6.07) is 15.0. The summed E-state index contributed by atoms with van der Waals surface area (Å²) < 4.78 is 14.4. The maximum atomic E-state index is 14.4. The van der Waals surface area contributed by atoms with Gasteiger partial charge in [-0.3, -0.25) is 4.90 Å². The van der Waals surface area contributed by atoms with E-state index in [1.165, 1.54) is 6.07 Å². The van der Waals surface area contributed by atoms with Crippen LogP contribution in [0.4, 0.5) is 4.39 Å². The molecule has 1 aliphatic heterocycles. The quantitative estimate of drug-likeness (QED) is 0.934. The van der Waals surface area contributed by atoms with Crippen molar-refractivity contribution in [3.05, 3.63) is 70.5 Å². The Balaban J connectivity index is 2.02. The minimum atomic E-state index is -0.241. The molecule has 1 atom stereocenters. The van der Waals surface area contributed by atoms with Crippen molar-refractivity contribution in [2.75, 3.05) is 26.2 Å². The van der Waals surface area contributed by atoms with E-state index >= 15 is 0 Å². The molecule has 0 aromatic heterocycles. The van der Waals surface area contributed by atoms with Crippen molar-refractivity contribution < 1.29 is 4.39 Å². The van der Waals surface area contributed by atoms with E-state index < -0.39 is 0 Å². The summed E-state index contributed by atoms with van der Waals surface area (Å²) in [5, 5.41) is 3.77. The van der Waals surface area contributed by atoms with Gasteiger partial charge in [0.05, 0.1) is 6.04 Å². The summed E-state index contributed by atoms with van der Waals surface area (Å²) >= 11 is 5.89. The van der Waals surface area contributed by atoms with Crippen LogP contribution in [0.15, 0.2) is 48.5 Å². The van der Waals surface area contributed by atoms with Crippen LogP contribution in [-0.2, 0) is 0 Å². The van der Waals surface area contributed by atoms with E-state index in [4.69, 9.17) is 11.6 Å². The van der Waals surface area contributed by atoms with Crippen LogP contribution in [0.5, 0.6) is 0 Å². The van der Waals surface area contributed by atoms with Gasteiger partial charge >= 0.3 is 0 Å². The zero-order valence-corrected chi connectivity index (χ0v) is 12.5. The van der Waals surface area contributed by atoms with Gasteiger partial charge in [0.1, 0.15) is 5.82 Å². The number of benzene rings is 2. The second kappa shape index (κ2) is 6.56. The van der Waals surface area contributed by atoms with Crippen LogP contribution in [0.1, 0.15) is 17.2 Å². The van der Waals surface area contributed by atoms with E-state index in [-0.39, 0.29) is 11.9 Å². The Hall–Kier alpha value is -1.42. The van der Waals surface area contributed by atoms with Crippen molar-refractivity contribution >= 4 is 11.6 Å². The summed E-state index contributed by atoms with van der Waals surface area (Å²) in [6.07, 6.45) is 0. The fraction of sp³-hybridized carbons (Fsp3) is 0.294. The smallest absolute Gasteiger partial charge is 0.129 e. The van der Waals surface area contributed by atoms with Crippen molar-refractivity contribution in [1.29, 1.82) is 0 Å². The molecule has 4 heteroatoms. The highest BCUT2D eigenvalue weighted by atomic mass is 35.5. The molecule has 1 N–H and O–H groups in total. The topological polar surface area (TPSA) is 15.3 Å². The lowest BCUT2D eigenvalue weighted by molar-refractivity contribution is 0.195. The maximum Gasteiger partial charge on any atom is 0.129 e. The van der Waals surface area contributed by atoms with Gasteiger partial charge in [0.25, 0.3) is 0 Å². The summed E-state index contributed by atoms with van der Waals surface area (Å²) in [5.74, 6) is -0.241. The standard InChI is InChI=1S/C17H18ClFN2/c18-14-6-7-15(16(19)12-14)17(13-4-2-1-3-5-13)21-10-8-20-9-11-21/h1-7,12,17,20H,8-11H2. The molecular weight excluding hydrogens is 287 g/mol. The Kier molecular flexibility index (Phi) is 4.54. The molecule has 1 unspecified atom stereocenters. The number of nitrogens with zero attached hydrogens (tertiary/aromatic N) is 1. The SMILES string of the molecule is Fc1cc(Cl)ccc1C(c1ccccc1)N1CCNCC1. The molecule has 110 valence electrons. The maximum absolute atomic E-state index is 14.4. The number of hydrogen-bond donors (Lipinski definition) is 1. The fourth-order valence-corrected chi connectivity index (χ4v) is 3.04. The van der Waals surface area contributed by atoms with E-state index in [1.807, 2.05) is 18.2 Å². The van der Waals surface area contributed by atoms with Crippen molar-refractivity contribution in [2.24, 2.45) is 0 Å². The van der Waals surface area contributed by atoms with Crippen LogP contribution in [0.3, 0.4) is 0 Å². The largest absolute Gasteiger partial charge is 0.314 e. The Labute approximate surface area is 129 Å². The van der Waals surface area contributed by atoms with Crippen LogP contribution < -0.4 is 5.32 Å². The first-order chi connectivity index (χ1) is 10.3. The zero-order chi connectivity index (χ0) is 14.7. The number of rotatable bonds is 3. The molecule has 21 heavy (non-hydrogen) atoms. The van der Waals surface area contributed by atoms with Crippen LogP contribution in [0.2, 0.25) is 5.02 Å². The normalized spacial score (nSPS) is 17.6. The molecular formula is C17H18ClFN2. The third kappa shape index (κ3) is 3.26. The number of nitrogens with one attached hydrogen (secondary N) is 1. The van der Waals surface area contributed by atoms with Crippen molar-refractivity contribution in [3.63, 3.8) is 0 Å². The Bertz CT molecular complexity index is 597. The first-order valence-electron chi connectivity index (χ1n) is 7.20. The summed E-state index contributed by atoms with van der Waals surface area (Å²) in [7, 11) is 0. The van der Waals surface area contributed by atoms with Crippen LogP contribution >= 0.6 is 11.6 Å². The number of halogens is 2. The van der Waals surface area contributed by atoms with Gasteiger partial charge in [-0.1, -0.05) is 48.0 Å². The zero-order valence-electron chi connectivity index (χ0n) is 11.7. The highest BCUT2D eigenvalue weighted by Gasteiger charge is 2.26. The Morgan fingerprint density at radius 1 is 1.05 bits per heavy atom.